The van der Waals surface area contributed by atoms with Gasteiger partial charge in [0.2, 0.25) is 5.12 Å². The van der Waals surface area contributed by atoms with E-state index in [1.165, 1.54) is 11.8 Å². The highest BCUT2D eigenvalue weighted by Gasteiger charge is 2.50. The van der Waals surface area contributed by atoms with E-state index in [1.54, 1.807) is 6.92 Å². The summed E-state index contributed by atoms with van der Waals surface area (Å²) in [7, 11) is 0. The zero-order valence-corrected chi connectivity index (χ0v) is 20.2. The van der Waals surface area contributed by atoms with Gasteiger partial charge in [-0.1, -0.05) is 66.9 Å². The van der Waals surface area contributed by atoms with Crippen LogP contribution in [0.15, 0.2) is 42.2 Å². The van der Waals surface area contributed by atoms with Crippen LogP contribution in [0.2, 0.25) is 5.02 Å². The van der Waals surface area contributed by atoms with Crippen molar-refractivity contribution in [2.75, 3.05) is 6.61 Å². The number of carbonyl (C=O) groups is 2. The molecule has 32 heavy (non-hydrogen) atoms. The van der Waals surface area contributed by atoms with Crippen LogP contribution in [0.4, 0.5) is 4.79 Å². The largest absolute Gasteiger partial charge is 0.513 e. The number of thioether (sulfide) groups is 1. The van der Waals surface area contributed by atoms with Crippen molar-refractivity contribution in [2.45, 2.75) is 57.6 Å². The molecular formula is C26H27ClO4S. The molecule has 1 fully saturated rings. The third kappa shape index (κ3) is 4.33. The van der Waals surface area contributed by atoms with Gasteiger partial charge in [-0.25, -0.2) is 4.79 Å². The van der Waals surface area contributed by atoms with Crippen LogP contribution in [0.3, 0.4) is 0 Å². The highest BCUT2D eigenvalue weighted by molar-refractivity contribution is 8.16. The molecule has 0 unspecified atom stereocenters. The normalized spacial score (nSPS) is 17.7. The molecule has 1 aliphatic heterocycles. The van der Waals surface area contributed by atoms with Crippen molar-refractivity contribution in [1.29, 1.82) is 0 Å². The van der Waals surface area contributed by atoms with Gasteiger partial charge in [-0.05, 0) is 73.6 Å². The molecule has 1 heterocycles. The van der Waals surface area contributed by atoms with Crippen molar-refractivity contribution < 1.29 is 19.1 Å². The number of rotatable bonds is 4. The minimum absolute atomic E-state index is 0.0343. The molecule has 0 atom stereocenters. The van der Waals surface area contributed by atoms with Crippen molar-refractivity contribution in [3.63, 3.8) is 0 Å². The lowest BCUT2D eigenvalue weighted by Gasteiger charge is -2.33. The van der Waals surface area contributed by atoms with Gasteiger partial charge < -0.3 is 9.47 Å². The second-order valence-corrected chi connectivity index (χ2v) is 10.2. The molecule has 1 saturated carbocycles. The Morgan fingerprint density at radius 3 is 2.31 bits per heavy atom. The molecule has 0 saturated heterocycles. The summed E-state index contributed by atoms with van der Waals surface area (Å²) >= 11 is 7.37. The topological polar surface area (TPSA) is 52.6 Å². The van der Waals surface area contributed by atoms with E-state index in [9.17, 15) is 9.59 Å². The van der Waals surface area contributed by atoms with Crippen LogP contribution >= 0.6 is 23.4 Å². The predicted molar refractivity (Wildman–Crippen MR) is 130 cm³/mol. The zero-order chi connectivity index (χ0) is 22.9. The fourth-order valence-electron chi connectivity index (χ4n) is 4.68. The molecule has 2 aromatic carbocycles. The van der Waals surface area contributed by atoms with E-state index in [2.05, 4.69) is 6.07 Å². The lowest BCUT2D eigenvalue weighted by atomic mass is 9.83. The maximum Gasteiger partial charge on any atom is 0.513 e. The van der Waals surface area contributed by atoms with Crippen LogP contribution in [0.25, 0.3) is 16.7 Å². The number of hydrogen-bond acceptors (Lipinski definition) is 5. The van der Waals surface area contributed by atoms with Crippen LogP contribution in [0, 0.1) is 13.8 Å². The Bertz CT molecular complexity index is 1080. The van der Waals surface area contributed by atoms with Crippen molar-refractivity contribution in [3.8, 4) is 11.1 Å². The number of ether oxygens (including phenoxy) is 2. The van der Waals surface area contributed by atoms with Crippen molar-refractivity contribution >= 4 is 40.2 Å². The fraction of sp³-hybridized carbons (Fsp3) is 0.385. The highest BCUT2D eigenvalue weighted by Crippen LogP contribution is 2.55. The molecule has 0 radical (unpaired) electrons. The minimum atomic E-state index is -0.743. The Morgan fingerprint density at radius 1 is 1.03 bits per heavy atom. The van der Waals surface area contributed by atoms with Gasteiger partial charge in [-0.2, -0.15) is 0 Å². The second-order valence-electron chi connectivity index (χ2n) is 8.42. The molecule has 1 spiro atoms. The van der Waals surface area contributed by atoms with E-state index in [1.807, 2.05) is 44.2 Å². The van der Waals surface area contributed by atoms with Gasteiger partial charge in [0.1, 0.15) is 5.76 Å². The van der Waals surface area contributed by atoms with Crippen molar-refractivity contribution in [3.05, 3.63) is 63.9 Å². The average Bonchev–Trinajstić information content (AvgIpc) is 3.01. The fourth-order valence-corrected chi connectivity index (χ4v) is 6.20. The van der Waals surface area contributed by atoms with Gasteiger partial charge in [0.15, 0.2) is 0 Å². The number of aryl methyl sites for hydroxylation is 2. The summed E-state index contributed by atoms with van der Waals surface area (Å²) in [6.07, 6.45) is 4.05. The maximum atomic E-state index is 13.3. The summed E-state index contributed by atoms with van der Waals surface area (Å²) in [4.78, 5) is 25.6. The number of carbonyl (C=O) groups excluding carboxylic acids is 2. The van der Waals surface area contributed by atoms with E-state index in [4.69, 9.17) is 21.1 Å². The summed E-state index contributed by atoms with van der Waals surface area (Å²) in [6, 6.07) is 11.8. The first kappa shape index (κ1) is 22.9. The van der Waals surface area contributed by atoms with Gasteiger partial charge in [0.25, 0.3) is 0 Å². The Morgan fingerprint density at radius 2 is 1.66 bits per heavy atom. The molecule has 0 N–H and O–H groups in total. The van der Waals surface area contributed by atoms with Gasteiger partial charge in [-0.3, -0.25) is 4.79 Å². The van der Waals surface area contributed by atoms with Gasteiger partial charge in [0, 0.05) is 5.02 Å². The van der Waals surface area contributed by atoms with Crippen molar-refractivity contribution in [2.24, 2.45) is 0 Å². The molecule has 4 nitrogen and oxygen atoms in total. The highest BCUT2D eigenvalue weighted by atomic mass is 35.5. The summed E-state index contributed by atoms with van der Waals surface area (Å²) in [5.41, 5.74) is 5.48. The lowest BCUT2D eigenvalue weighted by molar-refractivity contribution is -0.106. The summed E-state index contributed by atoms with van der Waals surface area (Å²) < 4.78 is 10.4. The van der Waals surface area contributed by atoms with Crippen LogP contribution in [-0.4, -0.2) is 22.6 Å². The SMILES string of the molecule is CCOC(=O)OC1=C(c2cc(C)c(-c3ccc(Cl)cc3)cc2C)C(=O)SC12CCCCC2. The monoisotopic (exact) mass is 470 g/mol. The predicted octanol–water partition coefficient (Wildman–Crippen LogP) is 7.48. The number of hydrogen-bond donors (Lipinski definition) is 0. The quantitative estimate of drug-likeness (QED) is 0.433. The average molecular weight is 471 g/mol. The molecule has 0 aromatic heterocycles. The third-order valence-corrected chi connectivity index (χ3v) is 7.86. The third-order valence-electron chi connectivity index (χ3n) is 6.24. The molecular weight excluding hydrogens is 444 g/mol. The summed E-state index contributed by atoms with van der Waals surface area (Å²) in [6.45, 7) is 5.99. The van der Waals surface area contributed by atoms with Crippen molar-refractivity contribution in [1.82, 2.24) is 0 Å². The van der Waals surface area contributed by atoms with E-state index in [-0.39, 0.29) is 11.7 Å². The molecule has 0 amide bonds. The molecule has 2 aromatic rings. The smallest absolute Gasteiger partial charge is 0.434 e. The van der Waals surface area contributed by atoms with Crippen LogP contribution in [0.5, 0.6) is 0 Å². The lowest BCUT2D eigenvalue weighted by Crippen LogP contribution is -2.30. The molecule has 1 aliphatic carbocycles. The Kier molecular flexibility index (Phi) is 6.68. The second kappa shape index (κ2) is 9.32. The van der Waals surface area contributed by atoms with Gasteiger partial charge in [-0.15, -0.1) is 0 Å². The standard InChI is InChI=1S/C26H27ClO4S/c1-4-30-25(29)31-23-22(24(28)32-26(23)12-6-5-7-13-26)21-15-16(2)20(14-17(21)3)18-8-10-19(27)11-9-18/h8-11,14-15H,4-7,12-13H2,1-3H3. The molecule has 168 valence electrons. The first-order valence-electron chi connectivity index (χ1n) is 11.0. The molecule has 4 rings (SSSR count). The van der Waals surface area contributed by atoms with Gasteiger partial charge >= 0.3 is 6.16 Å². The van der Waals surface area contributed by atoms with E-state index in [0.717, 1.165) is 59.9 Å². The zero-order valence-electron chi connectivity index (χ0n) is 18.6. The molecule has 2 aliphatic rings. The van der Waals surface area contributed by atoms with E-state index in [0.29, 0.717) is 16.4 Å². The van der Waals surface area contributed by atoms with Crippen LogP contribution < -0.4 is 0 Å². The van der Waals surface area contributed by atoms with Gasteiger partial charge in [0.05, 0.1) is 16.9 Å². The molecule has 0 bridgehead atoms. The van der Waals surface area contributed by atoms with E-state index >= 15 is 0 Å². The van der Waals surface area contributed by atoms with E-state index < -0.39 is 10.9 Å². The van der Waals surface area contributed by atoms with Crippen LogP contribution in [-0.2, 0) is 14.3 Å². The molecule has 6 heteroatoms. The Balaban J connectivity index is 1.83. The number of halogens is 1. The minimum Gasteiger partial charge on any atom is -0.434 e. The number of benzene rings is 2. The summed E-state index contributed by atoms with van der Waals surface area (Å²) in [5.74, 6) is 0.479. The first-order chi connectivity index (χ1) is 15.3. The summed E-state index contributed by atoms with van der Waals surface area (Å²) in [5, 5.41) is 0.657. The van der Waals surface area contributed by atoms with Crippen LogP contribution in [0.1, 0.15) is 55.7 Å². The Hall–Kier alpha value is -2.24. The Labute approximate surface area is 198 Å². The maximum absolute atomic E-state index is 13.3. The first-order valence-corrected chi connectivity index (χ1v) is 12.2.